The number of rotatable bonds is 2. The predicted octanol–water partition coefficient (Wildman–Crippen LogP) is 3.45. The van der Waals surface area contributed by atoms with E-state index >= 15 is 0 Å². The first kappa shape index (κ1) is 13.3. The number of amides is 1. The van der Waals surface area contributed by atoms with Crippen LogP contribution in [0.2, 0.25) is 5.02 Å². The number of anilines is 2. The summed E-state index contributed by atoms with van der Waals surface area (Å²) in [5, 5.41) is 2.56. The van der Waals surface area contributed by atoms with E-state index in [9.17, 15) is 13.6 Å². The van der Waals surface area contributed by atoms with Gasteiger partial charge < -0.3 is 11.1 Å². The highest BCUT2D eigenvalue weighted by Crippen LogP contribution is 2.21. The van der Waals surface area contributed by atoms with Crippen LogP contribution in [0.4, 0.5) is 20.2 Å². The van der Waals surface area contributed by atoms with Gasteiger partial charge in [0.2, 0.25) is 0 Å². The molecule has 0 bridgehead atoms. The summed E-state index contributed by atoms with van der Waals surface area (Å²) in [7, 11) is 0. The van der Waals surface area contributed by atoms with Crippen molar-refractivity contribution < 1.29 is 13.6 Å². The molecule has 98 valence electrons. The van der Waals surface area contributed by atoms with Crippen LogP contribution in [0.5, 0.6) is 0 Å². The van der Waals surface area contributed by atoms with Gasteiger partial charge in [-0.15, -0.1) is 0 Å². The number of nitrogen functional groups attached to an aromatic ring is 1. The van der Waals surface area contributed by atoms with Crippen LogP contribution < -0.4 is 11.1 Å². The molecule has 19 heavy (non-hydrogen) atoms. The average molecular weight is 283 g/mol. The number of benzene rings is 2. The summed E-state index contributed by atoms with van der Waals surface area (Å²) < 4.78 is 26.5. The molecular weight excluding hydrogens is 274 g/mol. The van der Waals surface area contributed by atoms with Crippen LogP contribution in [0.25, 0.3) is 0 Å². The monoisotopic (exact) mass is 282 g/mol. The fraction of sp³-hybridized carbons (Fsp3) is 0. The van der Waals surface area contributed by atoms with E-state index < -0.39 is 17.5 Å². The number of halogens is 3. The van der Waals surface area contributed by atoms with Gasteiger partial charge in [0.05, 0.1) is 11.3 Å². The first-order valence-corrected chi connectivity index (χ1v) is 5.66. The maximum atomic E-state index is 13.4. The molecule has 2 aromatic carbocycles. The fourth-order valence-corrected chi connectivity index (χ4v) is 1.68. The lowest BCUT2D eigenvalue weighted by Gasteiger charge is -2.08. The molecule has 3 nitrogen and oxygen atoms in total. The fourth-order valence-electron chi connectivity index (χ4n) is 1.51. The highest BCUT2D eigenvalue weighted by Gasteiger charge is 2.13. The van der Waals surface area contributed by atoms with Gasteiger partial charge >= 0.3 is 0 Å². The average Bonchev–Trinajstić information content (AvgIpc) is 2.36. The van der Waals surface area contributed by atoms with Crippen LogP contribution in [0.3, 0.4) is 0 Å². The molecule has 0 radical (unpaired) electrons. The Morgan fingerprint density at radius 3 is 2.63 bits per heavy atom. The van der Waals surface area contributed by atoms with Crippen LogP contribution in [0.15, 0.2) is 36.4 Å². The summed E-state index contributed by atoms with van der Waals surface area (Å²) in [5.41, 5.74) is 5.50. The Labute approximate surface area is 113 Å². The SMILES string of the molecule is Nc1ccc(F)cc1C(=O)Nc1cc(Cl)ccc1F. The Morgan fingerprint density at radius 2 is 1.89 bits per heavy atom. The van der Waals surface area contributed by atoms with E-state index in [1.165, 1.54) is 18.2 Å². The van der Waals surface area contributed by atoms with Crippen molar-refractivity contribution in [3.05, 3.63) is 58.6 Å². The van der Waals surface area contributed by atoms with Crippen LogP contribution >= 0.6 is 11.6 Å². The zero-order valence-corrected chi connectivity index (χ0v) is 10.3. The molecule has 0 saturated carbocycles. The third-order valence-electron chi connectivity index (χ3n) is 2.44. The summed E-state index contributed by atoms with van der Waals surface area (Å²) in [6.07, 6.45) is 0. The molecule has 0 aliphatic heterocycles. The Morgan fingerprint density at radius 1 is 1.16 bits per heavy atom. The van der Waals surface area contributed by atoms with E-state index in [4.69, 9.17) is 17.3 Å². The molecule has 0 aromatic heterocycles. The van der Waals surface area contributed by atoms with Crippen molar-refractivity contribution in [1.82, 2.24) is 0 Å². The smallest absolute Gasteiger partial charge is 0.257 e. The summed E-state index contributed by atoms with van der Waals surface area (Å²) >= 11 is 5.70. The highest BCUT2D eigenvalue weighted by atomic mass is 35.5. The number of carbonyl (C=O) groups excluding carboxylic acids is 1. The maximum absolute atomic E-state index is 13.4. The van der Waals surface area contributed by atoms with E-state index in [2.05, 4.69) is 5.32 Å². The lowest BCUT2D eigenvalue weighted by molar-refractivity contribution is 0.102. The zero-order valence-electron chi connectivity index (χ0n) is 9.58. The van der Waals surface area contributed by atoms with Gasteiger partial charge in [-0.3, -0.25) is 4.79 Å². The van der Waals surface area contributed by atoms with Crippen molar-refractivity contribution in [2.75, 3.05) is 11.1 Å². The molecule has 0 aliphatic carbocycles. The van der Waals surface area contributed by atoms with Gasteiger partial charge in [0.15, 0.2) is 0 Å². The quantitative estimate of drug-likeness (QED) is 0.829. The molecule has 1 amide bonds. The molecule has 0 aliphatic rings. The third kappa shape index (κ3) is 3.00. The second kappa shape index (κ2) is 5.24. The Balaban J connectivity index is 2.30. The summed E-state index contributed by atoms with van der Waals surface area (Å²) in [4.78, 5) is 11.9. The van der Waals surface area contributed by atoms with E-state index in [1.807, 2.05) is 0 Å². The number of carbonyl (C=O) groups is 1. The number of nitrogens with one attached hydrogen (secondary N) is 1. The second-order valence-corrected chi connectivity index (χ2v) is 4.25. The van der Waals surface area contributed by atoms with Gasteiger partial charge in [-0.05, 0) is 36.4 Å². The zero-order chi connectivity index (χ0) is 14.0. The minimum atomic E-state index is -0.710. The van der Waals surface area contributed by atoms with Crippen LogP contribution in [0.1, 0.15) is 10.4 Å². The van der Waals surface area contributed by atoms with E-state index in [1.54, 1.807) is 0 Å². The van der Waals surface area contributed by atoms with Gasteiger partial charge in [0, 0.05) is 10.7 Å². The predicted molar refractivity (Wildman–Crippen MR) is 70.2 cm³/mol. The normalized spacial score (nSPS) is 10.3. The largest absolute Gasteiger partial charge is 0.398 e. The molecule has 0 heterocycles. The van der Waals surface area contributed by atoms with Gasteiger partial charge in [-0.25, -0.2) is 8.78 Å². The van der Waals surface area contributed by atoms with E-state index in [0.29, 0.717) is 0 Å². The van der Waals surface area contributed by atoms with Crippen molar-refractivity contribution in [2.24, 2.45) is 0 Å². The second-order valence-electron chi connectivity index (χ2n) is 3.81. The third-order valence-corrected chi connectivity index (χ3v) is 2.67. The summed E-state index contributed by atoms with van der Waals surface area (Å²) in [5.74, 6) is -1.96. The lowest BCUT2D eigenvalue weighted by atomic mass is 10.1. The first-order valence-electron chi connectivity index (χ1n) is 5.29. The molecule has 0 fully saturated rings. The molecule has 0 saturated heterocycles. The molecule has 2 aromatic rings. The van der Waals surface area contributed by atoms with E-state index in [0.717, 1.165) is 18.2 Å². The number of nitrogens with two attached hydrogens (primary N) is 1. The van der Waals surface area contributed by atoms with Crippen molar-refractivity contribution in [2.45, 2.75) is 0 Å². The van der Waals surface area contributed by atoms with Crippen molar-refractivity contribution in [3.8, 4) is 0 Å². The molecule has 0 unspecified atom stereocenters. The minimum Gasteiger partial charge on any atom is -0.398 e. The van der Waals surface area contributed by atoms with Crippen LogP contribution in [0, 0.1) is 11.6 Å². The van der Waals surface area contributed by atoms with Gasteiger partial charge in [0.1, 0.15) is 11.6 Å². The number of hydrogen-bond acceptors (Lipinski definition) is 2. The molecule has 6 heteroatoms. The van der Waals surface area contributed by atoms with Gasteiger partial charge in [0.25, 0.3) is 5.91 Å². The topological polar surface area (TPSA) is 55.1 Å². The summed E-state index contributed by atoms with van der Waals surface area (Å²) in [6.45, 7) is 0. The van der Waals surface area contributed by atoms with Gasteiger partial charge in [-0.2, -0.15) is 0 Å². The molecular formula is C13H9ClF2N2O. The maximum Gasteiger partial charge on any atom is 0.257 e. The van der Waals surface area contributed by atoms with Crippen LogP contribution in [-0.4, -0.2) is 5.91 Å². The Hall–Kier alpha value is -2.14. The number of hydrogen-bond donors (Lipinski definition) is 2. The molecule has 3 N–H and O–H groups in total. The Kier molecular flexibility index (Phi) is 3.66. The summed E-state index contributed by atoms with van der Waals surface area (Å²) in [6, 6.07) is 7.10. The van der Waals surface area contributed by atoms with E-state index in [-0.39, 0.29) is 22.0 Å². The highest BCUT2D eigenvalue weighted by molar-refractivity contribution is 6.31. The standard InChI is InChI=1S/C13H9ClF2N2O/c14-7-1-3-10(16)12(5-7)18-13(19)9-6-8(15)2-4-11(9)17/h1-6H,17H2,(H,18,19). The molecule has 0 atom stereocenters. The lowest BCUT2D eigenvalue weighted by Crippen LogP contribution is -2.15. The van der Waals surface area contributed by atoms with Gasteiger partial charge in [-0.1, -0.05) is 11.6 Å². The molecule has 2 rings (SSSR count). The molecule has 0 spiro atoms. The van der Waals surface area contributed by atoms with Crippen molar-refractivity contribution in [3.63, 3.8) is 0 Å². The van der Waals surface area contributed by atoms with Crippen LogP contribution in [-0.2, 0) is 0 Å². The first-order chi connectivity index (χ1) is 8.97. The minimum absolute atomic E-state index is 0.0700. The van der Waals surface area contributed by atoms with Crippen molar-refractivity contribution >= 4 is 28.9 Å². The Bertz CT molecular complexity index is 647. The van der Waals surface area contributed by atoms with Crippen molar-refractivity contribution in [1.29, 1.82) is 0 Å².